The van der Waals surface area contributed by atoms with Gasteiger partial charge in [-0.2, -0.15) is 4.98 Å². The first-order valence-corrected chi connectivity index (χ1v) is 8.52. The molecule has 0 saturated heterocycles. The summed E-state index contributed by atoms with van der Waals surface area (Å²) in [5, 5.41) is 4.13. The van der Waals surface area contributed by atoms with Crippen LogP contribution in [0.3, 0.4) is 0 Å². The first-order chi connectivity index (χ1) is 11.5. The lowest BCUT2D eigenvalue weighted by Crippen LogP contribution is -1.98. The molecular weight excluding hydrogens is 296 g/mol. The molecule has 124 valence electrons. The van der Waals surface area contributed by atoms with E-state index < -0.39 is 0 Å². The van der Waals surface area contributed by atoms with Crippen molar-refractivity contribution >= 4 is 0 Å². The summed E-state index contributed by atoms with van der Waals surface area (Å²) in [4.78, 5) is 4.58. The Bertz CT molecular complexity index is 785. The Hall–Kier alpha value is -2.42. The van der Waals surface area contributed by atoms with E-state index in [9.17, 15) is 0 Å². The van der Waals surface area contributed by atoms with Gasteiger partial charge in [0.25, 0.3) is 0 Å². The largest absolute Gasteiger partial charge is 0.338 e. The fraction of sp³-hybridized carbons (Fsp3) is 0.333. The van der Waals surface area contributed by atoms with Gasteiger partial charge in [0.1, 0.15) is 0 Å². The lowest BCUT2D eigenvalue weighted by molar-refractivity contribution is 0.371. The van der Waals surface area contributed by atoms with E-state index in [1.807, 2.05) is 12.1 Å². The molecule has 1 aromatic heterocycles. The van der Waals surface area contributed by atoms with Crippen molar-refractivity contribution in [3.05, 3.63) is 71.1 Å². The molecule has 2 aromatic carbocycles. The predicted molar refractivity (Wildman–Crippen MR) is 97.0 cm³/mol. The van der Waals surface area contributed by atoms with Crippen LogP contribution in [0.4, 0.5) is 0 Å². The van der Waals surface area contributed by atoms with Crippen LogP contribution in [0.2, 0.25) is 0 Å². The van der Waals surface area contributed by atoms with Crippen LogP contribution in [0.25, 0.3) is 11.4 Å². The van der Waals surface area contributed by atoms with Crippen molar-refractivity contribution in [3.63, 3.8) is 0 Å². The Kier molecular flexibility index (Phi) is 4.79. The smallest absolute Gasteiger partial charge is 0.234 e. The van der Waals surface area contributed by atoms with Gasteiger partial charge in [0.05, 0.1) is 5.92 Å². The van der Waals surface area contributed by atoms with E-state index in [1.165, 1.54) is 16.7 Å². The molecule has 3 nitrogen and oxygen atoms in total. The summed E-state index contributed by atoms with van der Waals surface area (Å²) in [6.45, 7) is 8.64. The fourth-order valence-electron chi connectivity index (χ4n) is 2.79. The van der Waals surface area contributed by atoms with Crippen molar-refractivity contribution in [1.29, 1.82) is 0 Å². The third-order valence-electron chi connectivity index (χ3n) is 4.25. The van der Waals surface area contributed by atoms with Crippen LogP contribution >= 0.6 is 0 Å². The van der Waals surface area contributed by atoms with E-state index in [2.05, 4.69) is 74.2 Å². The maximum absolute atomic E-state index is 5.50. The minimum Gasteiger partial charge on any atom is -0.338 e. The SMILES string of the molecule is Cc1ccc(-c2noc([C@H](C)c3ccc(CC(C)C)cc3)n2)cc1. The number of hydrogen-bond acceptors (Lipinski definition) is 3. The summed E-state index contributed by atoms with van der Waals surface area (Å²) < 4.78 is 5.50. The number of benzene rings is 2. The van der Waals surface area contributed by atoms with Crippen molar-refractivity contribution < 1.29 is 4.52 Å². The summed E-state index contributed by atoms with van der Waals surface area (Å²) in [6, 6.07) is 16.9. The molecule has 3 aromatic rings. The maximum atomic E-state index is 5.50. The zero-order valence-corrected chi connectivity index (χ0v) is 14.8. The van der Waals surface area contributed by atoms with Crippen LogP contribution in [0, 0.1) is 12.8 Å². The second-order valence-corrected chi connectivity index (χ2v) is 6.88. The van der Waals surface area contributed by atoms with Gasteiger partial charge in [-0.3, -0.25) is 0 Å². The predicted octanol–water partition coefficient (Wildman–Crippen LogP) is 5.40. The topological polar surface area (TPSA) is 38.9 Å². The molecule has 0 bridgehead atoms. The fourth-order valence-corrected chi connectivity index (χ4v) is 2.79. The van der Waals surface area contributed by atoms with Crippen molar-refractivity contribution in [1.82, 2.24) is 10.1 Å². The van der Waals surface area contributed by atoms with Crippen LogP contribution < -0.4 is 0 Å². The first kappa shape index (κ1) is 16.4. The van der Waals surface area contributed by atoms with E-state index >= 15 is 0 Å². The molecule has 0 radical (unpaired) electrons. The first-order valence-electron chi connectivity index (χ1n) is 8.52. The third-order valence-corrected chi connectivity index (χ3v) is 4.25. The van der Waals surface area contributed by atoms with Gasteiger partial charge in [-0.1, -0.05) is 73.1 Å². The highest BCUT2D eigenvalue weighted by atomic mass is 16.5. The van der Waals surface area contributed by atoms with E-state index in [0.717, 1.165) is 12.0 Å². The number of aryl methyl sites for hydroxylation is 1. The number of aromatic nitrogens is 2. The van der Waals surface area contributed by atoms with Crippen LogP contribution in [0.15, 0.2) is 53.1 Å². The van der Waals surface area contributed by atoms with Crippen molar-refractivity contribution in [2.24, 2.45) is 5.92 Å². The van der Waals surface area contributed by atoms with Gasteiger partial charge in [-0.15, -0.1) is 0 Å². The lowest BCUT2D eigenvalue weighted by atomic mass is 9.97. The molecule has 0 aliphatic heterocycles. The van der Waals surface area contributed by atoms with Crippen molar-refractivity contribution in [2.75, 3.05) is 0 Å². The summed E-state index contributed by atoms with van der Waals surface area (Å²) in [5.74, 6) is 2.06. The zero-order chi connectivity index (χ0) is 17.1. The second kappa shape index (κ2) is 7.00. The maximum Gasteiger partial charge on any atom is 0.234 e. The molecule has 0 aliphatic carbocycles. The quantitative estimate of drug-likeness (QED) is 0.632. The standard InChI is InChI=1S/C21H24N2O/c1-14(2)13-17-7-11-18(12-8-17)16(4)21-22-20(23-24-21)19-9-5-15(3)6-10-19/h5-12,14,16H,13H2,1-4H3/t16-/m1/s1. The normalized spacial score (nSPS) is 12.5. The van der Waals surface area contributed by atoms with Crippen LogP contribution in [0.5, 0.6) is 0 Å². The van der Waals surface area contributed by atoms with Gasteiger partial charge in [-0.05, 0) is 37.3 Å². The Labute approximate surface area is 143 Å². The Morgan fingerprint density at radius 1 is 0.917 bits per heavy atom. The van der Waals surface area contributed by atoms with Gasteiger partial charge >= 0.3 is 0 Å². The van der Waals surface area contributed by atoms with Gasteiger partial charge in [0.2, 0.25) is 11.7 Å². The zero-order valence-electron chi connectivity index (χ0n) is 14.8. The van der Waals surface area contributed by atoms with Gasteiger partial charge in [-0.25, -0.2) is 0 Å². The molecule has 0 unspecified atom stereocenters. The molecule has 3 heteroatoms. The average Bonchev–Trinajstić information content (AvgIpc) is 3.05. The number of rotatable bonds is 5. The third kappa shape index (κ3) is 3.73. The Morgan fingerprint density at radius 2 is 1.58 bits per heavy atom. The summed E-state index contributed by atoms with van der Waals surface area (Å²) in [5.41, 5.74) is 4.76. The Morgan fingerprint density at radius 3 is 2.21 bits per heavy atom. The van der Waals surface area contributed by atoms with Crippen LogP contribution in [0.1, 0.15) is 49.3 Å². The molecule has 0 fully saturated rings. The summed E-state index contributed by atoms with van der Waals surface area (Å²) in [7, 11) is 0. The highest BCUT2D eigenvalue weighted by molar-refractivity contribution is 5.54. The van der Waals surface area contributed by atoms with E-state index in [4.69, 9.17) is 4.52 Å². The second-order valence-electron chi connectivity index (χ2n) is 6.88. The van der Waals surface area contributed by atoms with E-state index in [0.29, 0.717) is 17.6 Å². The molecule has 1 heterocycles. The monoisotopic (exact) mass is 320 g/mol. The van der Waals surface area contributed by atoms with Crippen molar-refractivity contribution in [2.45, 2.75) is 40.0 Å². The number of nitrogens with zero attached hydrogens (tertiary/aromatic N) is 2. The molecule has 0 aliphatic rings. The molecule has 0 N–H and O–H groups in total. The highest BCUT2D eigenvalue weighted by Gasteiger charge is 2.17. The minimum atomic E-state index is 0.0878. The number of hydrogen-bond donors (Lipinski definition) is 0. The summed E-state index contributed by atoms with van der Waals surface area (Å²) >= 11 is 0. The molecule has 0 saturated carbocycles. The van der Waals surface area contributed by atoms with Gasteiger partial charge in [0, 0.05) is 5.56 Å². The minimum absolute atomic E-state index is 0.0878. The molecular formula is C21H24N2O. The van der Waals surface area contributed by atoms with Crippen LogP contribution in [-0.4, -0.2) is 10.1 Å². The van der Waals surface area contributed by atoms with E-state index in [-0.39, 0.29) is 5.92 Å². The Balaban J connectivity index is 1.78. The highest BCUT2D eigenvalue weighted by Crippen LogP contribution is 2.26. The molecule has 0 spiro atoms. The van der Waals surface area contributed by atoms with Crippen LogP contribution in [-0.2, 0) is 6.42 Å². The molecule has 3 rings (SSSR count). The molecule has 1 atom stereocenters. The molecule has 24 heavy (non-hydrogen) atoms. The van der Waals surface area contributed by atoms with E-state index in [1.54, 1.807) is 0 Å². The van der Waals surface area contributed by atoms with Gasteiger partial charge in [0.15, 0.2) is 0 Å². The lowest BCUT2D eigenvalue weighted by Gasteiger charge is -2.09. The van der Waals surface area contributed by atoms with Crippen molar-refractivity contribution in [3.8, 4) is 11.4 Å². The molecule has 0 amide bonds. The van der Waals surface area contributed by atoms with Gasteiger partial charge < -0.3 is 4.52 Å². The summed E-state index contributed by atoms with van der Waals surface area (Å²) in [6.07, 6.45) is 1.10. The average molecular weight is 320 g/mol.